The number of benzene rings is 1. The molecule has 1 aromatic carbocycles. The summed E-state index contributed by atoms with van der Waals surface area (Å²) in [5, 5.41) is 16.2. The number of nitrogens with zero attached hydrogens (tertiary/aromatic N) is 4. The summed E-state index contributed by atoms with van der Waals surface area (Å²) in [6.07, 6.45) is -3.00. The molecule has 3 aliphatic rings. The Morgan fingerprint density at radius 1 is 1.26 bits per heavy atom. The fraction of sp³-hybridized carbons (Fsp3) is 0.478. The van der Waals surface area contributed by atoms with Crippen LogP contribution in [0.3, 0.4) is 0 Å². The highest BCUT2D eigenvalue weighted by Crippen LogP contribution is 2.47. The summed E-state index contributed by atoms with van der Waals surface area (Å²) in [6, 6.07) is 4.04. The van der Waals surface area contributed by atoms with Gasteiger partial charge in [0.2, 0.25) is 0 Å². The second kappa shape index (κ2) is 8.52. The molecule has 1 saturated heterocycles. The lowest BCUT2D eigenvalue weighted by molar-refractivity contribution is -0.144. The van der Waals surface area contributed by atoms with Crippen LogP contribution in [0.15, 0.2) is 29.5 Å². The lowest BCUT2D eigenvalue weighted by Gasteiger charge is -2.21. The quantitative estimate of drug-likeness (QED) is 0.534. The first-order valence-electron chi connectivity index (χ1n) is 11.3. The molecule has 0 radical (unpaired) electrons. The van der Waals surface area contributed by atoms with E-state index < -0.39 is 42.1 Å². The molecule has 8 nitrogen and oxygen atoms in total. The Kier molecular flexibility index (Phi) is 5.75. The molecule has 1 aliphatic carbocycles. The van der Waals surface area contributed by atoms with E-state index in [0.29, 0.717) is 29.7 Å². The van der Waals surface area contributed by atoms with Crippen LogP contribution in [-0.2, 0) is 16.9 Å². The summed E-state index contributed by atoms with van der Waals surface area (Å²) in [4.78, 5) is 27.0. The first-order valence-corrected chi connectivity index (χ1v) is 11.3. The van der Waals surface area contributed by atoms with Gasteiger partial charge >= 0.3 is 6.18 Å². The maximum atomic E-state index is 14.5. The van der Waals surface area contributed by atoms with Crippen LogP contribution in [0, 0.1) is 12.7 Å². The number of aliphatic hydroxyl groups excluding tert-OH is 1. The molecule has 12 heteroatoms. The number of hydrogen-bond donors (Lipinski definition) is 3. The molecule has 2 atom stereocenters. The first-order chi connectivity index (χ1) is 16.5. The van der Waals surface area contributed by atoms with Crippen LogP contribution in [0.4, 0.5) is 23.4 Å². The fourth-order valence-electron chi connectivity index (χ4n) is 4.75. The average molecular weight is 492 g/mol. The van der Waals surface area contributed by atoms with Crippen LogP contribution >= 0.6 is 0 Å². The van der Waals surface area contributed by atoms with Crippen molar-refractivity contribution in [3.05, 3.63) is 52.7 Å². The number of anilines is 1. The van der Waals surface area contributed by atoms with E-state index >= 15 is 0 Å². The maximum Gasteiger partial charge on any atom is 0.401 e. The Balaban J connectivity index is 1.35. The Morgan fingerprint density at radius 2 is 2.03 bits per heavy atom. The summed E-state index contributed by atoms with van der Waals surface area (Å²) in [7, 11) is 0. The van der Waals surface area contributed by atoms with Gasteiger partial charge in [-0.15, -0.1) is 0 Å². The topological polar surface area (TPSA) is 103 Å². The Hall–Kier alpha value is -3.12. The van der Waals surface area contributed by atoms with Crippen molar-refractivity contribution in [1.82, 2.24) is 20.2 Å². The molecule has 35 heavy (non-hydrogen) atoms. The summed E-state index contributed by atoms with van der Waals surface area (Å²) in [5.74, 6) is -0.692. The van der Waals surface area contributed by atoms with Crippen molar-refractivity contribution >= 4 is 17.4 Å². The number of hydrogen-bond acceptors (Lipinski definition) is 7. The average Bonchev–Trinajstić information content (AvgIpc) is 3.27. The van der Waals surface area contributed by atoms with Crippen LogP contribution < -0.4 is 10.6 Å². The number of fused-ring (bicyclic) bond motifs is 1. The highest BCUT2D eigenvalue weighted by molar-refractivity contribution is 6.47. The molecular weight excluding hydrogens is 468 g/mol. The van der Waals surface area contributed by atoms with Crippen molar-refractivity contribution in [2.75, 3.05) is 25.0 Å². The van der Waals surface area contributed by atoms with E-state index in [0.717, 1.165) is 10.5 Å². The highest BCUT2D eigenvalue weighted by Gasteiger charge is 2.48. The van der Waals surface area contributed by atoms with Crippen LogP contribution in [-0.4, -0.2) is 69.5 Å². The van der Waals surface area contributed by atoms with Gasteiger partial charge in [0.05, 0.1) is 42.0 Å². The van der Waals surface area contributed by atoms with Crippen molar-refractivity contribution in [3.63, 3.8) is 0 Å². The third-order valence-electron chi connectivity index (χ3n) is 6.59. The van der Waals surface area contributed by atoms with Gasteiger partial charge in [0, 0.05) is 18.7 Å². The summed E-state index contributed by atoms with van der Waals surface area (Å²) < 4.78 is 52.8. The van der Waals surface area contributed by atoms with E-state index in [1.165, 1.54) is 12.4 Å². The number of halogens is 4. The Labute approximate surface area is 198 Å². The lowest BCUT2D eigenvalue weighted by atomic mass is 10.0. The maximum absolute atomic E-state index is 14.5. The smallest absolute Gasteiger partial charge is 0.390 e. The Bertz CT molecular complexity index is 1200. The predicted octanol–water partition coefficient (Wildman–Crippen LogP) is 2.05. The standard InChI is InChI=1S/C23H24F4N6O2/c1-12-2-3-14(24)13(6-12)22(4-5-22)32-21(35)19-18-15(7-28-19)29-11-30-20(18)31-16-8-33(9-17(16)34)10-23(25,26)27/h2-3,6,11,16-17,34H,4-5,7-10H2,1H3,(H,32,35)(H,29,30,31)/t16-,17-/m1/s1. The molecule has 0 spiro atoms. The normalized spacial score (nSPS) is 23.1. The molecule has 2 fully saturated rings. The van der Waals surface area contributed by atoms with Crippen molar-refractivity contribution < 1.29 is 27.5 Å². The largest absolute Gasteiger partial charge is 0.401 e. The van der Waals surface area contributed by atoms with E-state index in [1.54, 1.807) is 12.1 Å². The number of rotatable bonds is 6. The van der Waals surface area contributed by atoms with Gasteiger partial charge in [0.1, 0.15) is 23.7 Å². The highest BCUT2D eigenvalue weighted by atomic mass is 19.4. The number of aryl methyl sites for hydroxylation is 1. The van der Waals surface area contributed by atoms with Crippen LogP contribution in [0.25, 0.3) is 0 Å². The second-order valence-corrected chi connectivity index (χ2v) is 9.36. The lowest BCUT2D eigenvalue weighted by Crippen LogP contribution is -2.40. The number of alkyl halides is 3. The number of likely N-dealkylation sites (tertiary alicyclic amines) is 1. The summed E-state index contributed by atoms with van der Waals surface area (Å²) >= 11 is 0. The molecule has 2 aliphatic heterocycles. The van der Waals surface area contributed by atoms with Crippen molar-refractivity contribution in [2.24, 2.45) is 4.99 Å². The van der Waals surface area contributed by atoms with E-state index in [4.69, 9.17) is 0 Å². The van der Waals surface area contributed by atoms with Gasteiger partial charge in [-0.1, -0.05) is 17.7 Å². The SMILES string of the molecule is Cc1ccc(F)c(C2(NC(=O)C3=NCc4ncnc(N[C@@H]5CN(CC(F)(F)F)C[C@H]5O)c43)CC2)c1. The van der Waals surface area contributed by atoms with Crippen LogP contribution in [0.5, 0.6) is 0 Å². The van der Waals surface area contributed by atoms with Gasteiger partial charge in [-0.3, -0.25) is 14.7 Å². The molecule has 1 saturated carbocycles. The fourth-order valence-corrected chi connectivity index (χ4v) is 4.75. The third-order valence-corrected chi connectivity index (χ3v) is 6.59. The number of aliphatic hydroxyl groups is 1. The zero-order chi connectivity index (χ0) is 25.0. The van der Waals surface area contributed by atoms with Gasteiger partial charge in [-0.2, -0.15) is 13.2 Å². The van der Waals surface area contributed by atoms with Gasteiger partial charge in [-0.25, -0.2) is 14.4 Å². The molecule has 186 valence electrons. The van der Waals surface area contributed by atoms with E-state index in [1.807, 2.05) is 6.92 Å². The van der Waals surface area contributed by atoms with Crippen LogP contribution in [0.1, 0.15) is 35.2 Å². The van der Waals surface area contributed by atoms with Crippen molar-refractivity contribution in [3.8, 4) is 0 Å². The number of β-amino-alcohol motifs (C(OH)–C–C–N with tert-alkyl or cyclic N) is 1. The monoisotopic (exact) mass is 492 g/mol. The molecule has 0 unspecified atom stereocenters. The molecule has 1 amide bonds. The minimum absolute atomic E-state index is 0.0477. The molecule has 3 heterocycles. The Morgan fingerprint density at radius 3 is 2.74 bits per heavy atom. The van der Waals surface area contributed by atoms with Gasteiger partial charge in [0.15, 0.2) is 0 Å². The van der Waals surface area contributed by atoms with Gasteiger partial charge < -0.3 is 15.7 Å². The number of nitrogens with one attached hydrogen (secondary N) is 2. The first kappa shape index (κ1) is 23.6. The number of aliphatic imine (C=N–C) groups is 1. The van der Waals surface area contributed by atoms with E-state index in [2.05, 4.69) is 25.6 Å². The molecular formula is C23H24F4N6O2. The molecule has 1 aromatic heterocycles. The molecule has 3 N–H and O–H groups in total. The molecule has 2 aromatic rings. The number of aromatic nitrogens is 2. The molecule has 5 rings (SSSR count). The number of carbonyl (C=O) groups is 1. The zero-order valence-corrected chi connectivity index (χ0v) is 18.9. The van der Waals surface area contributed by atoms with Gasteiger partial charge in [0.25, 0.3) is 5.91 Å². The van der Waals surface area contributed by atoms with Crippen LogP contribution in [0.2, 0.25) is 0 Å². The molecule has 0 bridgehead atoms. The number of amides is 1. The van der Waals surface area contributed by atoms with Crippen molar-refractivity contribution in [1.29, 1.82) is 0 Å². The minimum atomic E-state index is -4.38. The second-order valence-electron chi connectivity index (χ2n) is 9.36. The summed E-state index contributed by atoms with van der Waals surface area (Å²) in [6.45, 7) is 0.663. The zero-order valence-electron chi connectivity index (χ0n) is 18.9. The predicted molar refractivity (Wildman–Crippen MR) is 118 cm³/mol. The van der Waals surface area contributed by atoms with Crippen molar-refractivity contribution in [2.45, 2.75) is 50.2 Å². The third kappa shape index (κ3) is 4.72. The minimum Gasteiger partial charge on any atom is -0.390 e. The van der Waals surface area contributed by atoms with E-state index in [9.17, 15) is 27.5 Å². The number of carbonyl (C=O) groups excluding carboxylic acids is 1. The van der Waals surface area contributed by atoms with E-state index in [-0.39, 0.29) is 31.2 Å². The summed E-state index contributed by atoms with van der Waals surface area (Å²) in [5.41, 5.74) is 1.38. The van der Waals surface area contributed by atoms with Gasteiger partial charge in [-0.05, 0) is 25.8 Å².